The maximum atomic E-state index is 11.5. The highest BCUT2D eigenvalue weighted by molar-refractivity contribution is 5.82. The lowest BCUT2D eigenvalue weighted by Gasteiger charge is -2.22. The number of hydrogen-bond acceptors (Lipinski definition) is 6. The van der Waals surface area contributed by atoms with E-state index in [2.05, 4.69) is 19.9 Å². The molecule has 0 aliphatic carbocycles. The molecule has 8 nitrogen and oxygen atoms in total. The number of aromatic nitrogens is 4. The highest BCUT2D eigenvalue weighted by Gasteiger charge is 2.24. The molecule has 8 heteroatoms. The summed E-state index contributed by atoms with van der Waals surface area (Å²) < 4.78 is 0. The first-order valence-electron chi connectivity index (χ1n) is 6.48. The number of carbonyl (C=O) groups excluding carboxylic acids is 1. The Morgan fingerprint density at radius 3 is 3.00 bits per heavy atom. The summed E-state index contributed by atoms with van der Waals surface area (Å²) >= 11 is 0. The Balaban J connectivity index is 1.90. The van der Waals surface area contributed by atoms with Crippen molar-refractivity contribution in [3.63, 3.8) is 0 Å². The molecule has 0 radical (unpaired) electrons. The van der Waals surface area contributed by atoms with Crippen molar-refractivity contribution in [3.05, 3.63) is 12.7 Å². The maximum Gasteiger partial charge on any atom is 0.219 e. The molecule has 3 rings (SSSR count). The fourth-order valence-corrected chi connectivity index (χ4v) is 2.46. The standard InChI is InChI=1S/C12H16N6O2/c1-8(19)17-2-3-18(5-9(20)4-17)12-10-11(14-6-13-10)15-7-16-12/h6-7,9,20H,2-5H2,1H3,(H,13,14,15,16)/t9-/m0/s1. The number of imidazole rings is 1. The second-order valence-electron chi connectivity index (χ2n) is 4.86. The first-order chi connectivity index (χ1) is 9.65. The quantitative estimate of drug-likeness (QED) is 0.720. The number of β-amino-alcohol motifs (C(OH)–C–C–N with tert-alkyl or cyclic N) is 1. The molecule has 1 aliphatic rings. The fourth-order valence-electron chi connectivity index (χ4n) is 2.46. The van der Waals surface area contributed by atoms with Gasteiger partial charge in [-0.2, -0.15) is 0 Å². The zero-order valence-electron chi connectivity index (χ0n) is 11.2. The number of aliphatic hydroxyl groups is 1. The Kier molecular flexibility index (Phi) is 3.23. The highest BCUT2D eigenvalue weighted by atomic mass is 16.3. The summed E-state index contributed by atoms with van der Waals surface area (Å²) in [7, 11) is 0. The second-order valence-corrected chi connectivity index (χ2v) is 4.86. The Labute approximate surface area is 115 Å². The summed E-state index contributed by atoms with van der Waals surface area (Å²) in [4.78, 5) is 30.5. The van der Waals surface area contributed by atoms with Crippen LogP contribution in [0.2, 0.25) is 0 Å². The number of aromatic amines is 1. The predicted octanol–water partition coefficient (Wildman–Crippen LogP) is -0.618. The molecule has 3 heterocycles. The number of rotatable bonds is 1. The molecule has 2 aromatic heterocycles. The summed E-state index contributed by atoms with van der Waals surface area (Å²) in [6, 6.07) is 0. The van der Waals surface area contributed by atoms with Crippen LogP contribution in [0.4, 0.5) is 5.82 Å². The van der Waals surface area contributed by atoms with Crippen LogP contribution in [0.5, 0.6) is 0 Å². The van der Waals surface area contributed by atoms with Crippen LogP contribution in [0.3, 0.4) is 0 Å². The molecular weight excluding hydrogens is 260 g/mol. The van der Waals surface area contributed by atoms with E-state index < -0.39 is 6.10 Å². The van der Waals surface area contributed by atoms with Crippen LogP contribution in [0, 0.1) is 0 Å². The van der Waals surface area contributed by atoms with Gasteiger partial charge in [-0.15, -0.1) is 0 Å². The highest BCUT2D eigenvalue weighted by Crippen LogP contribution is 2.21. The monoisotopic (exact) mass is 276 g/mol. The van der Waals surface area contributed by atoms with E-state index in [9.17, 15) is 9.90 Å². The van der Waals surface area contributed by atoms with Gasteiger partial charge in [-0.3, -0.25) is 4.79 Å². The lowest BCUT2D eigenvalue weighted by molar-refractivity contribution is -0.129. The zero-order valence-corrected chi connectivity index (χ0v) is 11.2. The van der Waals surface area contributed by atoms with Gasteiger partial charge in [-0.05, 0) is 0 Å². The van der Waals surface area contributed by atoms with Crippen LogP contribution in [0.1, 0.15) is 6.92 Å². The SMILES string of the molecule is CC(=O)N1CCN(c2ncnc3nc[nH]c23)C[C@@H](O)C1. The Morgan fingerprint density at radius 2 is 2.20 bits per heavy atom. The van der Waals surface area contributed by atoms with Gasteiger partial charge in [0.2, 0.25) is 5.91 Å². The molecule has 2 N–H and O–H groups in total. The summed E-state index contributed by atoms with van der Waals surface area (Å²) in [5.74, 6) is 0.678. The van der Waals surface area contributed by atoms with Gasteiger partial charge in [0.15, 0.2) is 11.5 Å². The van der Waals surface area contributed by atoms with Crippen LogP contribution in [-0.2, 0) is 4.79 Å². The molecule has 0 bridgehead atoms. The molecule has 1 amide bonds. The molecule has 0 unspecified atom stereocenters. The number of hydrogen-bond donors (Lipinski definition) is 2. The molecule has 20 heavy (non-hydrogen) atoms. The third kappa shape index (κ3) is 2.29. The number of fused-ring (bicyclic) bond motifs is 1. The Bertz CT molecular complexity index is 627. The summed E-state index contributed by atoms with van der Waals surface area (Å²) in [6.07, 6.45) is 2.42. The van der Waals surface area contributed by atoms with Gasteiger partial charge in [-0.25, -0.2) is 15.0 Å². The summed E-state index contributed by atoms with van der Waals surface area (Å²) in [5.41, 5.74) is 1.34. The van der Waals surface area contributed by atoms with E-state index in [4.69, 9.17) is 0 Å². The third-order valence-corrected chi connectivity index (χ3v) is 3.45. The topological polar surface area (TPSA) is 98.2 Å². The Morgan fingerprint density at radius 1 is 1.35 bits per heavy atom. The smallest absolute Gasteiger partial charge is 0.219 e. The Hall–Kier alpha value is -2.22. The number of anilines is 1. The number of H-pyrrole nitrogens is 1. The van der Waals surface area contributed by atoms with Crippen molar-refractivity contribution in [2.45, 2.75) is 13.0 Å². The van der Waals surface area contributed by atoms with Crippen LogP contribution < -0.4 is 4.90 Å². The van der Waals surface area contributed by atoms with Gasteiger partial charge in [0, 0.05) is 33.1 Å². The molecule has 106 valence electrons. The maximum absolute atomic E-state index is 11.5. The molecule has 1 saturated heterocycles. The van der Waals surface area contributed by atoms with Gasteiger partial charge in [0.05, 0.1) is 12.4 Å². The van der Waals surface area contributed by atoms with Crippen molar-refractivity contribution in [2.75, 3.05) is 31.1 Å². The zero-order chi connectivity index (χ0) is 14.1. The van der Waals surface area contributed by atoms with Crippen LogP contribution >= 0.6 is 0 Å². The van der Waals surface area contributed by atoms with E-state index in [-0.39, 0.29) is 5.91 Å². The average Bonchev–Trinajstić information content (AvgIpc) is 2.81. The van der Waals surface area contributed by atoms with Crippen molar-refractivity contribution in [2.24, 2.45) is 0 Å². The number of nitrogens with one attached hydrogen (secondary N) is 1. The van der Waals surface area contributed by atoms with E-state index in [0.29, 0.717) is 37.6 Å². The minimum atomic E-state index is -0.602. The van der Waals surface area contributed by atoms with E-state index >= 15 is 0 Å². The molecule has 1 atom stereocenters. The number of carbonyl (C=O) groups is 1. The predicted molar refractivity (Wildman–Crippen MR) is 72.2 cm³/mol. The second kappa shape index (κ2) is 5.04. The molecule has 1 aliphatic heterocycles. The lowest BCUT2D eigenvalue weighted by atomic mass is 10.3. The van der Waals surface area contributed by atoms with Crippen molar-refractivity contribution in [1.29, 1.82) is 0 Å². The minimum Gasteiger partial charge on any atom is -0.389 e. The van der Waals surface area contributed by atoms with Crippen molar-refractivity contribution < 1.29 is 9.90 Å². The first kappa shape index (κ1) is 12.8. The van der Waals surface area contributed by atoms with Crippen LogP contribution in [0.25, 0.3) is 11.2 Å². The van der Waals surface area contributed by atoms with E-state index in [0.717, 1.165) is 5.52 Å². The van der Waals surface area contributed by atoms with Crippen molar-refractivity contribution >= 4 is 22.9 Å². The summed E-state index contributed by atoms with van der Waals surface area (Å²) in [5, 5.41) is 10.1. The molecule has 2 aromatic rings. The number of aliphatic hydroxyl groups excluding tert-OH is 1. The average molecular weight is 276 g/mol. The first-order valence-corrected chi connectivity index (χ1v) is 6.48. The van der Waals surface area contributed by atoms with E-state index in [1.54, 1.807) is 11.2 Å². The largest absolute Gasteiger partial charge is 0.389 e. The van der Waals surface area contributed by atoms with Crippen molar-refractivity contribution in [1.82, 2.24) is 24.8 Å². The number of nitrogens with zero attached hydrogens (tertiary/aromatic N) is 5. The van der Waals surface area contributed by atoms with Crippen LogP contribution in [0.15, 0.2) is 12.7 Å². The summed E-state index contributed by atoms with van der Waals surface area (Å²) in [6.45, 7) is 3.46. The van der Waals surface area contributed by atoms with E-state index in [1.807, 2.05) is 4.90 Å². The molecular formula is C12H16N6O2. The normalized spacial score (nSPS) is 20.2. The third-order valence-electron chi connectivity index (χ3n) is 3.45. The molecule has 0 saturated carbocycles. The lowest BCUT2D eigenvalue weighted by Crippen LogP contribution is -2.36. The van der Waals surface area contributed by atoms with Gasteiger partial charge in [-0.1, -0.05) is 0 Å². The molecule has 0 aromatic carbocycles. The minimum absolute atomic E-state index is 0.0275. The fraction of sp³-hybridized carbons (Fsp3) is 0.500. The van der Waals surface area contributed by atoms with Gasteiger partial charge < -0.3 is 19.9 Å². The van der Waals surface area contributed by atoms with Crippen LogP contribution in [-0.4, -0.2) is 68.1 Å². The van der Waals surface area contributed by atoms with Gasteiger partial charge >= 0.3 is 0 Å². The van der Waals surface area contributed by atoms with Gasteiger partial charge in [0.25, 0.3) is 0 Å². The molecule has 0 spiro atoms. The molecule has 1 fully saturated rings. The van der Waals surface area contributed by atoms with Crippen molar-refractivity contribution in [3.8, 4) is 0 Å². The van der Waals surface area contributed by atoms with Gasteiger partial charge in [0.1, 0.15) is 11.8 Å². The van der Waals surface area contributed by atoms with E-state index in [1.165, 1.54) is 13.3 Å². The number of amides is 1.